The van der Waals surface area contributed by atoms with Crippen LogP contribution in [0.5, 0.6) is 0 Å². The molecule has 0 saturated heterocycles. The molecule has 0 amide bonds. The average molecular weight is 455 g/mol. The average Bonchev–Trinajstić information content (AvgIpc) is 3.31. The molecule has 0 aliphatic carbocycles. The maximum Gasteiger partial charge on any atom is 0.337 e. The molecule has 0 saturated carbocycles. The molecule has 0 aliphatic rings. The Labute approximate surface area is 197 Å². The molecule has 1 atom stereocenters. The van der Waals surface area contributed by atoms with Crippen LogP contribution in [0, 0.1) is 5.92 Å². The second kappa shape index (κ2) is 10.4. The summed E-state index contributed by atoms with van der Waals surface area (Å²) in [5.41, 5.74) is 8.95. The Morgan fingerprint density at radius 1 is 1.18 bits per heavy atom. The molecule has 172 valence electrons. The summed E-state index contributed by atoms with van der Waals surface area (Å²) in [6.07, 6.45) is 13.0. The zero-order valence-corrected chi connectivity index (χ0v) is 18.8. The van der Waals surface area contributed by atoms with Crippen molar-refractivity contribution >= 4 is 17.3 Å². The van der Waals surface area contributed by atoms with Crippen LogP contribution in [0.2, 0.25) is 0 Å². The monoisotopic (exact) mass is 454 g/mol. The van der Waals surface area contributed by atoms with Gasteiger partial charge in [0.15, 0.2) is 11.6 Å². The van der Waals surface area contributed by atoms with Crippen LogP contribution in [0.1, 0.15) is 23.7 Å². The number of benzene rings is 1. The molecule has 3 heterocycles. The van der Waals surface area contributed by atoms with Crippen molar-refractivity contribution < 1.29 is 9.90 Å². The van der Waals surface area contributed by atoms with Crippen molar-refractivity contribution in [3.8, 4) is 22.5 Å². The summed E-state index contributed by atoms with van der Waals surface area (Å²) in [7, 11) is 0. The summed E-state index contributed by atoms with van der Waals surface area (Å²) in [6.45, 7) is 2.78. The van der Waals surface area contributed by atoms with Crippen LogP contribution in [-0.2, 0) is 0 Å². The Morgan fingerprint density at radius 3 is 2.74 bits per heavy atom. The summed E-state index contributed by atoms with van der Waals surface area (Å²) in [4.78, 5) is 20.3. The summed E-state index contributed by atoms with van der Waals surface area (Å²) in [5.74, 6) is 0.262. The summed E-state index contributed by atoms with van der Waals surface area (Å²) < 4.78 is 1.77. The maximum atomic E-state index is 11.4. The number of carboxylic acids is 1. The van der Waals surface area contributed by atoms with Crippen LogP contribution < -0.4 is 11.1 Å². The van der Waals surface area contributed by atoms with Gasteiger partial charge in [-0.1, -0.05) is 49.4 Å². The minimum Gasteiger partial charge on any atom is -0.478 e. The number of allylic oxidation sites excluding steroid dienone is 2. The van der Waals surface area contributed by atoms with Gasteiger partial charge in [0.2, 0.25) is 0 Å². The minimum atomic E-state index is -1.05. The molecule has 34 heavy (non-hydrogen) atoms. The lowest BCUT2D eigenvalue weighted by atomic mass is 10.1. The van der Waals surface area contributed by atoms with Gasteiger partial charge in [0, 0.05) is 36.3 Å². The van der Waals surface area contributed by atoms with E-state index in [2.05, 4.69) is 28.4 Å². The number of nitrogens with zero attached hydrogens (tertiary/aromatic N) is 4. The van der Waals surface area contributed by atoms with Gasteiger partial charge in [-0.15, -0.1) is 5.10 Å². The number of rotatable bonds is 9. The number of carboxylic acid groups (broad SMARTS) is 1. The Hall–Kier alpha value is -4.46. The second-order valence-corrected chi connectivity index (χ2v) is 7.76. The summed E-state index contributed by atoms with van der Waals surface area (Å²) in [5, 5.41) is 17.5. The molecule has 3 aromatic heterocycles. The number of nitrogens with one attached hydrogen (secondary N) is 1. The second-order valence-electron chi connectivity index (χ2n) is 7.76. The van der Waals surface area contributed by atoms with Crippen LogP contribution in [0.3, 0.4) is 0 Å². The third-order valence-electron chi connectivity index (χ3n) is 5.50. The van der Waals surface area contributed by atoms with Crippen molar-refractivity contribution in [2.75, 3.05) is 11.9 Å². The highest BCUT2D eigenvalue weighted by Crippen LogP contribution is 2.31. The van der Waals surface area contributed by atoms with Crippen LogP contribution in [0.15, 0.2) is 85.5 Å². The topological polar surface area (TPSA) is 118 Å². The van der Waals surface area contributed by atoms with Gasteiger partial charge in [-0.25, -0.2) is 14.3 Å². The predicted molar refractivity (Wildman–Crippen MR) is 133 cm³/mol. The van der Waals surface area contributed by atoms with Gasteiger partial charge in [-0.3, -0.25) is 4.98 Å². The Balaban J connectivity index is 1.80. The van der Waals surface area contributed by atoms with Gasteiger partial charge < -0.3 is 16.2 Å². The van der Waals surface area contributed by atoms with Crippen LogP contribution in [0.25, 0.3) is 28.0 Å². The number of aromatic nitrogens is 4. The van der Waals surface area contributed by atoms with Crippen molar-refractivity contribution in [3.05, 3.63) is 91.0 Å². The van der Waals surface area contributed by atoms with Crippen LogP contribution in [-0.4, -0.2) is 37.2 Å². The van der Waals surface area contributed by atoms with Crippen molar-refractivity contribution in [1.82, 2.24) is 19.6 Å². The lowest BCUT2D eigenvalue weighted by molar-refractivity contribution is 0.0696. The first-order chi connectivity index (χ1) is 16.6. The van der Waals surface area contributed by atoms with E-state index >= 15 is 0 Å². The van der Waals surface area contributed by atoms with E-state index in [0.29, 0.717) is 23.8 Å². The maximum absolute atomic E-state index is 11.4. The molecule has 1 unspecified atom stereocenters. The molecular formula is C26H26N6O2. The number of nitrogens with two attached hydrogens (primary N) is 1. The molecule has 8 heteroatoms. The SMILES string of the molecule is CCC(/C=C\C=C/N)CNc1nc(-c2cncc(C(=O)O)c2)nn2ccc(-c3ccccc3)c12. The van der Waals surface area contributed by atoms with Crippen molar-refractivity contribution in [3.63, 3.8) is 0 Å². The summed E-state index contributed by atoms with van der Waals surface area (Å²) in [6, 6.07) is 13.6. The van der Waals surface area contributed by atoms with E-state index in [0.717, 1.165) is 23.1 Å². The van der Waals surface area contributed by atoms with E-state index in [9.17, 15) is 9.90 Å². The quantitative estimate of drug-likeness (QED) is 0.316. The number of anilines is 1. The van der Waals surface area contributed by atoms with E-state index in [-0.39, 0.29) is 11.5 Å². The number of hydrogen-bond donors (Lipinski definition) is 3. The highest BCUT2D eigenvalue weighted by molar-refractivity contribution is 5.90. The highest BCUT2D eigenvalue weighted by Gasteiger charge is 2.17. The molecule has 8 nitrogen and oxygen atoms in total. The van der Waals surface area contributed by atoms with Crippen molar-refractivity contribution in [2.24, 2.45) is 11.7 Å². The lowest BCUT2D eigenvalue weighted by Gasteiger charge is -2.15. The molecule has 0 fully saturated rings. The van der Waals surface area contributed by atoms with Crippen LogP contribution >= 0.6 is 0 Å². The number of fused-ring (bicyclic) bond motifs is 1. The highest BCUT2D eigenvalue weighted by atomic mass is 16.4. The first-order valence-electron chi connectivity index (χ1n) is 11.0. The number of carbonyl (C=O) groups is 1. The number of pyridine rings is 1. The summed E-state index contributed by atoms with van der Waals surface area (Å²) >= 11 is 0. The fourth-order valence-electron chi connectivity index (χ4n) is 3.66. The molecule has 4 rings (SSSR count). The fraction of sp³-hybridized carbons (Fsp3) is 0.154. The largest absolute Gasteiger partial charge is 0.478 e. The van der Waals surface area contributed by atoms with E-state index in [1.54, 1.807) is 16.8 Å². The Bertz CT molecular complexity index is 1340. The molecule has 0 spiro atoms. The third kappa shape index (κ3) is 4.96. The molecule has 4 N–H and O–H groups in total. The zero-order chi connectivity index (χ0) is 23.9. The molecule has 0 radical (unpaired) electrons. The van der Waals surface area contributed by atoms with Crippen molar-refractivity contribution in [1.29, 1.82) is 0 Å². The predicted octanol–water partition coefficient (Wildman–Crippen LogP) is 4.62. The van der Waals surface area contributed by atoms with E-state index in [4.69, 9.17) is 10.7 Å². The standard InChI is InChI=1S/C26H26N6O2/c1-2-18(8-6-7-12-27)15-29-25-23-22(19-9-4-3-5-10-19)11-13-32(23)31-24(30-25)20-14-21(26(33)34)17-28-16-20/h3-14,16-18H,2,15,27H2,1H3,(H,33,34)(H,29,30,31)/b8-6-,12-7-. The smallest absolute Gasteiger partial charge is 0.337 e. The van der Waals surface area contributed by atoms with Crippen LogP contribution in [0.4, 0.5) is 5.82 Å². The minimum absolute atomic E-state index is 0.0809. The molecule has 4 aromatic rings. The van der Waals surface area contributed by atoms with Gasteiger partial charge in [0.05, 0.1) is 5.56 Å². The van der Waals surface area contributed by atoms with Gasteiger partial charge in [0.1, 0.15) is 5.52 Å². The normalized spacial score (nSPS) is 12.5. The van der Waals surface area contributed by atoms with E-state index < -0.39 is 5.97 Å². The molecule has 1 aromatic carbocycles. The number of hydrogen-bond acceptors (Lipinski definition) is 6. The molecular weight excluding hydrogens is 428 g/mol. The van der Waals surface area contributed by atoms with Gasteiger partial charge in [-0.2, -0.15) is 0 Å². The van der Waals surface area contributed by atoms with Gasteiger partial charge in [0.25, 0.3) is 0 Å². The van der Waals surface area contributed by atoms with Crippen molar-refractivity contribution in [2.45, 2.75) is 13.3 Å². The van der Waals surface area contributed by atoms with E-state index in [1.165, 1.54) is 18.5 Å². The van der Waals surface area contributed by atoms with E-state index in [1.807, 2.05) is 48.7 Å². The van der Waals surface area contributed by atoms with Gasteiger partial charge >= 0.3 is 5.97 Å². The first kappa shape index (κ1) is 22.7. The number of aromatic carboxylic acids is 1. The Kier molecular flexibility index (Phi) is 6.98. The van der Waals surface area contributed by atoms with Gasteiger partial charge in [-0.05, 0) is 42.3 Å². The third-order valence-corrected chi connectivity index (χ3v) is 5.50. The zero-order valence-electron chi connectivity index (χ0n) is 18.8. The fourth-order valence-corrected chi connectivity index (χ4v) is 3.66. The first-order valence-corrected chi connectivity index (χ1v) is 11.0. The molecule has 0 bridgehead atoms. The molecule has 0 aliphatic heterocycles. The lowest BCUT2D eigenvalue weighted by Crippen LogP contribution is -2.14. The Morgan fingerprint density at radius 2 is 2.00 bits per heavy atom.